The molecule has 3 amide bonds. The highest BCUT2D eigenvalue weighted by molar-refractivity contribution is 5.84. The Bertz CT molecular complexity index is 925. The first-order valence-electron chi connectivity index (χ1n) is 11.3. The van der Waals surface area contributed by atoms with Crippen molar-refractivity contribution in [3.8, 4) is 0 Å². The molecule has 3 N–H and O–H groups in total. The first kappa shape index (κ1) is 24.3. The summed E-state index contributed by atoms with van der Waals surface area (Å²) in [6.07, 6.45) is 2.12. The van der Waals surface area contributed by atoms with E-state index in [9.17, 15) is 14.4 Å². The van der Waals surface area contributed by atoms with Crippen molar-refractivity contribution in [3.63, 3.8) is 0 Å². The predicted octanol–water partition coefficient (Wildman–Crippen LogP) is 2.78. The van der Waals surface area contributed by atoms with E-state index >= 15 is 0 Å². The van der Waals surface area contributed by atoms with E-state index in [1.54, 1.807) is 9.80 Å². The van der Waals surface area contributed by atoms with Gasteiger partial charge in [0.1, 0.15) is 6.61 Å². The minimum atomic E-state index is -0.716. The molecule has 1 fully saturated rings. The van der Waals surface area contributed by atoms with Gasteiger partial charge in [0.25, 0.3) is 0 Å². The highest BCUT2D eigenvalue weighted by Gasteiger charge is 2.41. The van der Waals surface area contributed by atoms with Crippen LogP contribution in [0.1, 0.15) is 30.9 Å². The van der Waals surface area contributed by atoms with Gasteiger partial charge in [0.05, 0.1) is 12.1 Å². The van der Waals surface area contributed by atoms with E-state index in [-0.39, 0.29) is 19.1 Å². The summed E-state index contributed by atoms with van der Waals surface area (Å²) < 4.78 is 5.61. The molecule has 1 saturated heterocycles. The zero-order valence-corrected chi connectivity index (χ0v) is 19.0. The van der Waals surface area contributed by atoms with Crippen molar-refractivity contribution in [2.75, 3.05) is 31.6 Å². The molecule has 0 radical (unpaired) electrons. The fourth-order valence-electron chi connectivity index (χ4n) is 4.09. The Morgan fingerprint density at radius 1 is 1.09 bits per heavy atom. The summed E-state index contributed by atoms with van der Waals surface area (Å²) in [6, 6.07) is 17.2. The molecule has 0 spiro atoms. The minimum Gasteiger partial charge on any atom is -0.447 e. The zero-order valence-electron chi connectivity index (χ0n) is 19.0. The molecular weight excluding hydrogens is 420 g/mol. The van der Waals surface area contributed by atoms with Gasteiger partial charge in [-0.1, -0.05) is 49.4 Å². The number of hydrogen-bond acceptors (Lipinski definition) is 5. The molecule has 2 aromatic carbocycles. The predicted molar refractivity (Wildman–Crippen MR) is 126 cm³/mol. The fourth-order valence-corrected chi connectivity index (χ4v) is 4.09. The number of ether oxygens (including phenoxy) is 1. The van der Waals surface area contributed by atoms with Crippen molar-refractivity contribution in [2.45, 2.75) is 38.3 Å². The van der Waals surface area contributed by atoms with Crippen LogP contribution in [0.3, 0.4) is 0 Å². The van der Waals surface area contributed by atoms with Gasteiger partial charge < -0.3 is 20.3 Å². The number of nitrogens with zero attached hydrogens (tertiary/aromatic N) is 2. The molecule has 0 saturated carbocycles. The monoisotopic (exact) mass is 452 g/mol. The Hall–Kier alpha value is -3.39. The van der Waals surface area contributed by atoms with Gasteiger partial charge in [-0.2, -0.15) is 0 Å². The molecule has 0 unspecified atom stereocenters. The number of likely N-dealkylation sites (tertiary alicyclic amines) is 1. The van der Waals surface area contributed by atoms with Gasteiger partial charge in [0.2, 0.25) is 12.3 Å². The number of carbonyl (C=O) groups is 3. The summed E-state index contributed by atoms with van der Waals surface area (Å²) >= 11 is 0. The maximum Gasteiger partial charge on any atom is 0.411 e. The van der Waals surface area contributed by atoms with Crippen LogP contribution in [-0.2, 0) is 27.3 Å². The van der Waals surface area contributed by atoms with E-state index in [0.29, 0.717) is 38.2 Å². The Morgan fingerprint density at radius 2 is 1.76 bits per heavy atom. The molecule has 176 valence electrons. The Labute approximate surface area is 194 Å². The summed E-state index contributed by atoms with van der Waals surface area (Å²) in [5, 5.41) is 2.74. The van der Waals surface area contributed by atoms with Crippen molar-refractivity contribution < 1.29 is 19.1 Å². The normalized spacial score (nSPS) is 14.9. The highest BCUT2D eigenvalue weighted by Crippen LogP contribution is 2.30. The summed E-state index contributed by atoms with van der Waals surface area (Å²) in [7, 11) is 0. The van der Waals surface area contributed by atoms with Crippen LogP contribution in [0.15, 0.2) is 54.6 Å². The van der Waals surface area contributed by atoms with Crippen molar-refractivity contribution in [1.82, 2.24) is 9.80 Å². The van der Waals surface area contributed by atoms with Crippen molar-refractivity contribution in [1.29, 1.82) is 0 Å². The average Bonchev–Trinajstić information content (AvgIpc) is 2.87. The van der Waals surface area contributed by atoms with E-state index in [1.807, 2.05) is 54.6 Å². The molecule has 0 bridgehead atoms. The second-order valence-corrected chi connectivity index (χ2v) is 8.28. The van der Waals surface area contributed by atoms with Crippen LogP contribution in [-0.4, -0.2) is 60.0 Å². The van der Waals surface area contributed by atoms with Crippen molar-refractivity contribution in [2.24, 2.45) is 5.73 Å². The van der Waals surface area contributed by atoms with Crippen LogP contribution in [0, 0.1) is 0 Å². The van der Waals surface area contributed by atoms with Crippen LogP contribution >= 0.6 is 0 Å². The number of amides is 3. The lowest BCUT2D eigenvalue weighted by Gasteiger charge is -2.46. The van der Waals surface area contributed by atoms with Gasteiger partial charge in [-0.25, -0.2) is 4.79 Å². The maximum atomic E-state index is 12.5. The first-order chi connectivity index (χ1) is 16.0. The van der Waals surface area contributed by atoms with Gasteiger partial charge in [0, 0.05) is 25.3 Å². The minimum absolute atomic E-state index is 0.0299. The summed E-state index contributed by atoms with van der Waals surface area (Å²) in [5.41, 5.74) is 7.59. The molecule has 1 aliphatic heterocycles. The van der Waals surface area contributed by atoms with Crippen molar-refractivity contribution >= 4 is 24.1 Å². The Morgan fingerprint density at radius 3 is 2.33 bits per heavy atom. The number of piperidine rings is 1. The lowest BCUT2D eigenvalue weighted by molar-refractivity contribution is -0.137. The van der Waals surface area contributed by atoms with Crippen LogP contribution in [0.4, 0.5) is 10.5 Å². The molecule has 8 nitrogen and oxygen atoms in total. The molecule has 3 rings (SSSR count). The third kappa shape index (κ3) is 6.32. The topological polar surface area (TPSA) is 105 Å². The standard InChI is InChI=1S/C25H32N4O4/c1-2-20-8-10-22(11-9-20)27-24(32)33-18-25(12-14-28(15-13-25)23(31)16-26)29(19-30)17-21-6-4-3-5-7-21/h3-11,19H,2,12-18,26H2,1H3,(H,27,32). The smallest absolute Gasteiger partial charge is 0.411 e. The summed E-state index contributed by atoms with van der Waals surface area (Å²) in [6.45, 7) is 3.32. The van der Waals surface area contributed by atoms with Crippen LogP contribution < -0.4 is 11.1 Å². The third-order valence-corrected chi connectivity index (χ3v) is 6.23. The number of nitrogens with two attached hydrogens (primary N) is 1. The molecule has 1 heterocycles. The van der Waals surface area contributed by atoms with Gasteiger partial charge in [-0.15, -0.1) is 0 Å². The van der Waals surface area contributed by atoms with E-state index < -0.39 is 11.6 Å². The number of benzene rings is 2. The first-order valence-corrected chi connectivity index (χ1v) is 11.3. The van der Waals surface area contributed by atoms with Gasteiger partial charge >= 0.3 is 6.09 Å². The molecule has 0 atom stereocenters. The third-order valence-electron chi connectivity index (χ3n) is 6.23. The average molecular weight is 453 g/mol. The summed E-state index contributed by atoms with van der Waals surface area (Å²) in [4.78, 5) is 40.1. The lowest BCUT2D eigenvalue weighted by atomic mass is 9.86. The van der Waals surface area contributed by atoms with Gasteiger partial charge in [-0.05, 0) is 42.5 Å². The second-order valence-electron chi connectivity index (χ2n) is 8.28. The highest BCUT2D eigenvalue weighted by atomic mass is 16.5. The second kappa shape index (κ2) is 11.5. The van der Waals surface area contributed by atoms with Gasteiger partial charge in [-0.3, -0.25) is 14.9 Å². The van der Waals surface area contributed by atoms with Crippen molar-refractivity contribution in [3.05, 3.63) is 65.7 Å². The molecule has 1 aliphatic rings. The van der Waals surface area contributed by atoms with E-state index in [4.69, 9.17) is 10.5 Å². The SMILES string of the molecule is CCc1ccc(NC(=O)OCC2(N(C=O)Cc3ccccc3)CCN(C(=O)CN)CC2)cc1. The number of rotatable bonds is 9. The Balaban J connectivity index is 1.71. The molecular formula is C25H32N4O4. The molecule has 0 aliphatic carbocycles. The van der Waals surface area contributed by atoms with Crippen LogP contribution in [0.2, 0.25) is 0 Å². The zero-order chi connectivity index (χ0) is 23.7. The molecule has 8 heteroatoms. The number of carbonyl (C=O) groups excluding carboxylic acids is 3. The van der Waals surface area contributed by atoms with Crippen LogP contribution in [0.25, 0.3) is 0 Å². The van der Waals surface area contributed by atoms with Gasteiger partial charge in [0.15, 0.2) is 0 Å². The van der Waals surface area contributed by atoms with E-state index in [1.165, 1.54) is 5.56 Å². The quantitative estimate of drug-likeness (QED) is 0.569. The molecule has 33 heavy (non-hydrogen) atoms. The van der Waals surface area contributed by atoms with E-state index in [0.717, 1.165) is 18.4 Å². The molecule has 0 aromatic heterocycles. The number of nitrogens with one attached hydrogen (secondary N) is 1. The lowest BCUT2D eigenvalue weighted by Crippen LogP contribution is -2.59. The number of aryl methyl sites for hydroxylation is 1. The Kier molecular flexibility index (Phi) is 8.43. The number of anilines is 1. The molecule has 2 aromatic rings. The number of hydrogen-bond donors (Lipinski definition) is 2. The fraction of sp³-hybridized carbons (Fsp3) is 0.400. The summed E-state index contributed by atoms with van der Waals surface area (Å²) in [5.74, 6) is -0.126. The van der Waals surface area contributed by atoms with Crippen LogP contribution in [0.5, 0.6) is 0 Å². The van der Waals surface area contributed by atoms with E-state index in [2.05, 4.69) is 12.2 Å². The largest absolute Gasteiger partial charge is 0.447 e. The maximum absolute atomic E-state index is 12.5.